The van der Waals surface area contributed by atoms with Crippen molar-refractivity contribution in [2.45, 2.75) is 46.8 Å². The molecule has 0 aliphatic heterocycles. The minimum absolute atomic E-state index is 0.113. The van der Waals surface area contributed by atoms with Gasteiger partial charge in [0, 0.05) is 6.04 Å². The van der Waals surface area contributed by atoms with Crippen LogP contribution >= 0.6 is 0 Å². The van der Waals surface area contributed by atoms with Crippen molar-refractivity contribution in [1.29, 1.82) is 0 Å². The molecule has 0 bridgehead atoms. The molecule has 1 amide bonds. The number of halogens is 1. The van der Waals surface area contributed by atoms with E-state index in [0.29, 0.717) is 17.6 Å². The van der Waals surface area contributed by atoms with Gasteiger partial charge in [0.25, 0.3) is 5.91 Å². The van der Waals surface area contributed by atoms with Crippen molar-refractivity contribution in [2.75, 3.05) is 0 Å². The Morgan fingerprint density at radius 1 is 1.05 bits per heavy atom. The fourth-order valence-corrected chi connectivity index (χ4v) is 2.16. The van der Waals surface area contributed by atoms with Crippen molar-refractivity contribution < 1.29 is 13.9 Å². The summed E-state index contributed by atoms with van der Waals surface area (Å²) in [5.41, 5.74) is 0. The second kappa shape index (κ2) is 7.27. The second-order valence-corrected chi connectivity index (χ2v) is 5.74. The zero-order valence-electron chi connectivity index (χ0n) is 12.8. The Balaban J connectivity index is 2.60. The van der Waals surface area contributed by atoms with E-state index in [0.717, 1.165) is 0 Å². The lowest BCUT2D eigenvalue weighted by Crippen LogP contribution is -2.47. The third-order valence-corrected chi connectivity index (χ3v) is 3.24. The average molecular weight is 281 g/mol. The fraction of sp³-hybridized carbons (Fsp3) is 0.562. The summed E-state index contributed by atoms with van der Waals surface area (Å²) in [5, 5.41) is 3.01. The van der Waals surface area contributed by atoms with Gasteiger partial charge in [0.15, 0.2) is 6.10 Å². The fourth-order valence-electron chi connectivity index (χ4n) is 2.16. The van der Waals surface area contributed by atoms with E-state index in [-0.39, 0.29) is 17.8 Å². The molecular weight excluding hydrogens is 257 g/mol. The highest BCUT2D eigenvalue weighted by Crippen LogP contribution is 2.15. The monoisotopic (exact) mass is 281 g/mol. The molecule has 4 heteroatoms. The Labute approximate surface area is 120 Å². The van der Waals surface area contributed by atoms with Crippen molar-refractivity contribution >= 4 is 5.91 Å². The molecule has 1 aromatic carbocycles. The number of amides is 1. The number of hydrogen-bond acceptors (Lipinski definition) is 2. The van der Waals surface area contributed by atoms with Gasteiger partial charge in [0.1, 0.15) is 11.6 Å². The van der Waals surface area contributed by atoms with Gasteiger partial charge in [-0.25, -0.2) is 4.39 Å². The normalized spacial score (nSPS) is 12.8. The number of carbonyl (C=O) groups is 1. The summed E-state index contributed by atoms with van der Waals surface area (Å²) >= 11 is 0. The molecule has 0 saturated carbocycles. The predicted octanol–water partition coefficient (Wildman–Crippen LogP) is 3.39. The molecule has 1 atom stereocenters. The summed E-state index contributed by atoms with van der Waals surface area (Å²) in [6, 6.07) is 5.76. The van der Waals surface area contributed by atoms with Gasteiger partial charge >= 0.3 is 0 Å². The Hall–Kier alpha value is -1.58. The maximum absolute atomic E-state index is 12.8. The third kappa shape index (κ3) is 4.83. The summed E-state index contributed by atoms with van der Waals surface area (Å²) in [5.74, 6) is 0.726. The van der Waals surface area contributed by atoms with Crippen LogP contribution in [-0.4, -0.2) is 18.1 Å². The number of nitrogens with one attached hydrogen (secondary N) is 1. The lowest BCUT2D eigenvalue weighted by Gasteiger charge is -2.27. The Bertz CT molecular complexity index is 421. The van der Waals surface area contributed by atoms with Crippen molar-refractivity contribution in [1.82, 2.24) is 5.32 Å². The first-order valence-corrected chi connectivity index (χ1v) is 7.04. The Kier molecular flexibility index (Phi) is 5.99. The maximum Gasteiger partial charge on any atom is 0.261 e. The molecule has 0 fully saturated rings. The zero-order valence-corrected chi connectivity index (χ0v) is 12.8. The molecule has 0 heterocycles. The second-order valence-electron chi connectivity index (χ2n) is 5.74. The summed E-state index contributed by atoms with van der Waals surface area (Å²) in [4.78, 5) is 12.1. The van der Waals surface area contributed by atoms with Crippen LogP contribution in [0.1, 0.15) is 34.6 Å². The van der Waals surface area contributed by atoms with E-state index in [1.165, 1.54) is 24.3 Å². The van der Waals surface area contributed by atoms with Crippen LogP contribution in [0.3, 0.4) is 0 Å². The number of rotatable bonds is 6. The first kappa shape index (κ1) is 16.5. The van der Waals surface area contributed by atoms with E-state index in [1.54, 1.807) is 6.92 Å². The molecule has 0 saturated heterocycles. The summed E-state index contributed by atoms with van der Waals surface area (Å²) in [7, 11) is 0. The van der Waals surface area contributed by atoms with Crippen molar-refractivity contribution in [2.24, 2.45) is 11.8 Å². The standard InChI is InChI=1S/C16H24FNO2/c1-10(2)15(11(3)4)18-16(19)12(5)20-14-8-6-13(17)7-9-14/h6-12,15H,1-5H3,(H,18,19). The molecule has 0 radical (unpaired) electrons. The molecule has 0 aliphatic carbocycles. The summed E-state index contributed by atoms with van der Waals surface area (Å²) in [6.45, 7) is 10.0. The quantitative estimate of drug-likeness (QED) is 0.868. The topological polar surface area (TPSA) is 38.3 Å². The molecule has 0 spiro atoms. The molecule has 1 aromatic rings. The van der Waals surface area contributed by atoms with Gasteiger partial charge in [0.2, 0.25) is 0 Å². The molecule has 20 heavy (non-hydrogen) atoms. The summed E-state index contributed by atoms with van der Waals surface area (Å²) in [6.07, 6.45) is -0.611. The third-order valence-electron chi connectivity index (χ3n) is 3.24. The SMILES string of the molecule is CC(Oc1ccc(F)cc1)C(=O)NC(C(C)C)C(C)C. The van der Waals surface area contributed by atoms with E-state index in [4.69, 9.17) is 4.74 Å². The van der Waals surface area contributed by atoms with Crippen LogP contribution in [0.15, 0.2) is 24.3 Å². The van der Waals surface area contributed by atoms with Crippen molar-refractivity contribution in [3.05, 3.63) is 30.1 Å². The van der Waals surface area contributed by atoms with Crippen LogP contribution in [0.25, 0.3) is 0 Å². The highest BCUT2D eigenvalue weighted by molar-refractivity contribution is 5.81. The molecule has 0 aromatic heterocycles. The number of carbonyl (C=O) groups excluding carboxylic acids is 1. The molecule has 112 valence electrons. The molecule has 1 rings (SSSR count). The smallest absolute Gasteiger partial charge is 0.261 e. The van der Waals surface area contributed by atoms with Crippen LogP contribution in [0.4, 0.5) is 4.39 Å². The van der Waals surface area contributed by atoms with E-state index in [2.05, 4.69) is 33.0 Å². The van der Waals surface area contributed by atoms with Gasteiger partial charge in [-0.15, -0.1) is 0 Å². The number of hydrogen-bond donors (Lipinski definition) is 1. The van der Waals surface area contributed by atoms with Gasteiger partial charge in [-0.1, -0.05) is 27.7 Å². The lowest BCUT2D eigenvalue weighted by molar-refractivity contribution is -0.128. The largest absolute Gasteiger partial charge is 0.481 e. The van der Waals surface area contributed by atoms with E-state index >= 15 is 0 Å². The van der Waals surface area contributed by atoms with Gasteiger partial charge in [-0.05, 0) is 43.0 Å². The molecule has 0 aliphatic rings. The van der Waals surface area contributed by atoms with Crippen molar-refractivity contribution in [3.63, 3.8) is 0 Å². The lowest BCUT2D eigenvalue weighted by atomic mass is 9.93. The van der Waals surface area contributed by atoms with E-state index in [1.807, 2.05) is 0 Å². The molecule has 1 N–H and O–H groups in total. The van der Waals surface area contributed by atoms with Crippen molar-refractivity contribution in [3.8, 4) is 5.75 Å². The van der Waals surface area contributed by atoms with E-state index in [9.17, 15) is 9.18 Å². The average Bonchev–Trinajstić information content (AvgIpc) is 2.37. The highest BCUT2D eigenvalue weighted by atomic mass is 19.1. The number of ether oxygens (including phenoxy) is 1. The van der Waals surface area contributed by atoms with Gasteiger partial charge in [-0.3, -0.25) is 4.79 Å². The zero-order chi connectivity index (χ0) is 15.3. The Morgan fingerprint density at radius 2 is 1.55 bits per heavy atom. The first-order valence-electron chi connectivity index (χ1n) is 7.04. The van der Waals surface area contributed by atoms with Gasteiger partial charge in [0.05, 0.1) is 0 Å². The Morgan fingerprint density at radius 3 is 2.00 bits per heavy atom. The van der Waals surface area contributed by atoms with Crippen LogP contribution in [0.2, 0.25) is 0 Å². The first-order chi connectivity index (χ1) is 9.31. The molecule has 3 nitrogen and oxygen atoms in total. The number of benzene rings is 1. The predicted molar refractivity (Wildman–Crippen MR) is 78.1 cm³/mol. The van der Waals surface area contributed by atoms with Crippen LogP contribution in [-0.2, 0) is 4.79 Å². The molecular formula is C16H24FNO2. The van der Waals surface area contributed by atoms with Gasteiger partial charge in [-0.2, -0.15) is 0 Å². The van der Waals surface area contributed by atoms with Crippen LogP contribution in [0.5, 0.6) is 5.75 Å². The van der Waals surface area contributed by atoms with E-state index < -0.39 is 6.10 Å². The van der Waals surface area contributed by atoms with Gasteiger partial charge < -0.3 is 10.1 Å². The maximum atomic E-state index is 12.8. The highest BCUT2D eigenvalue weighted by Gasteiger charge is 2.23. The minimum atomic E-state index is -0.611. The summed E-state index contributed by atoms with van der Waals surface area (Å²) < 4.78 is 18.3. The minimum Gasteiger partial charge on any atom is -0.481 e. The van der Waals surface area contributed by atoms with Crippen LogP contribution < -0.4 is 10.1 Å². The molecule has 1 unspecified atom stereocenters. The van der Waals surface area contributed by atoms with Crippen LogP contribution in [0, 0.1) is 17.7 Å².